The average molecular weight is 461 g/mol. The Hall–Kier alpha value is -3.04. The first-order chi connectivity index (χ1) is 15.0. The molecule has 1 aromatic carbocycles. The average Bonchev–Trinajstić information content (AvgIpc) is 3.19. The number of nitrogens with zero attached hydrogens (tertiary/aromatic N) is 2. The Kier molecular flexibility index (Phi) is 6.43. The van der Waals surface area contributed by atoms with Crippen molar-refractivity contribution in [1.29, 1.82) is 0 Å². The van der Waals surface area contributed by atoms with E-state index in [0.29, 0.717) is 53.3 Å². The zero-order valence-electron chi connectivity index (χ0n) is 16.8. The molecule has 8 nitrogen and oxygen atoms in total. The van der Waals surface area contributed by atoms with Gasteiger partial charge in [-0.15, -0.1) is 11.3 Å². The Morgan fingerprint density at radius 1 is 1.35 bits per heavy atom. The van der Waals surface area contributed by atoms with Gasteiger partial charge in [0.25, 0.3) is 0 Å². The summed E-state index contributed by atoms with van der Waals surface area (Å²) >= 11 is 7.53. The van der Waals surface area contributed by atoms with Crippen LogP contribution in [0.4, 0.5) is 11.5 Å². The SMILES string of the molecule is CCOc1cc(-c2cc(NCCc3cc4c(cc3Cl)NCCO4)ncn2)sc1C(=O)O. The number of benzene rings is 1. The molecule has 4 rings (SSSR count). The zero-order chi connectivity index (χ0) is 21.8. The first-order valence-corrected chi connectivity index (χ1v) is 11.0. The summed E-state index contributed by atoms with van der Waals surface area (Å²) in [6.07, 6.45) is 2.13. The van der Waals surface area contributed by atoms with Crippen LogP contribution < -0.4 is 20.1 Å². The molecule has 0 radical (unpaired) electrons. The van der Waals surface area contributed by atoms with E-state index in [-0.39, 0.29) is 4.88 Å². The molecule has 0 saturated carbocycles. The highest BCUT2D eigenvalue weighted by atomic mass is 35.5. The van der Waals surface area contributed by atoms with E-state index < -0.39 is 5.97 Å². The van der Waals surface area contributed by atoms with Crippen molar-refractivity contribution in [2.75, 3.05) is 36.9 Å². The van der Waals surface area contributed by atoms with Crippen molar-refractivity contribution in [3.63, 3.8) is 0 Å². The van der Waals surface area contributed by atoms with Gasteiger partial charge in [0.05, 0.1) is 22.9 Å². The van der Waals surface area contributed by atoms with Crippen LogP contribution in [0.5, 0.6) is 11.5 Å². The summed E-state index contributed by atoms with van der Waals surface area (Å²) in [7, 11) is 0. The zero-order valence-corrected chi connectivity index (χ0v) is 18.3. The second-order valence-electron chi connectivity index (χ2n) is 6.72. The highest BCUT2D eigenvalue weighted by molar-refractivity contribution is 7.17. The molecule has 0 atom stereocenters. The predicted molar refractivity (Wildman–Crippen MR) is 121 cm³/mol. The minimum atomic E-state index is -1.02. The Bertz CT molecular complexity index is 1100. The number of carboxylic acid groups (broad SMARTS) is 1. The first-order valence-electron chi connectivity index (χ1n) is 9.80. The molecule has 0 saturated heterocycles. The van der Waals surface area contributed by atoms with Crippen molar-refractivity contribution >= 4 is 40.4 Å². The number of hydrogen-bond donors (Lipinski definition) is 3. The van der Waals surface area contributed by atoms with E-state index >= 15 is 0 Å². The van der Waals surface area contributed by atoms with Crippen LogP contribution in [0.15, 0.2) is 30.6 Å². The van der Waals surface area contributed by atoms with Gasteiger partial charge < -0.3 is 25.2 Å². The van der Waals surface area contributed by atoms with Gasteiger partial charge >= 0.3 is 5.97 Å². The highest BCUT2D eigenvalue weighted by Crippen LogP contribution is 2.36. The molecular weight excluding hydrogens is 440 g/mol. The van der Waals surface area contributed by atoms with Gasteiger partial charge in [0.1, 0.15) is 30.3 Å². The second kappa shape index (κ2) is 9.40. The fourth-order valence-corrected chi connectivity index (χ4v) is 4.38. The summed E-state index contributed by atoms with van der Waals surface area (Å²) in [5, 5.41) is 16.6. The fraction of sp³-hybridized carbons (Fsp3) is 0.286. The van der Waals surface area contributed by atoms with E-state index in [1.165, 1.54) is 6.33 Å². The summed E-state index contributed by atoms with van der Waals surface area (Å²) < 4.78 is 11.1. The number of aromatic carboxylic acids is 1. The molecule has 1 aliphatic heterocycles. The van der Waals surface area contributed by atoms with Gasteiger partial charge in [0.2, 0.25) is 0 Å². The van der Waals surface area contributed by atoms with Gasteiger partial charge in [-0.1, -0.05) is 11.6 Å². The highest BCUT2D eigenvalue weighted by Gasteiger charge is 2.18. The molecule has 0 bridgehead atoms. The number of aromatic nitrogens is 2. The lowest BCUT2D eigenvalue weighted by Crippen LogP contribution is -2.18. The number of carboxylic acids is 1. The fourth-order valence-electron chi connectivity index (χ4n) is 3.22. The van der Waals surface area contributed by atoms with Crippen LogP contribution in [0.2, 0.25) is 5.02 Å². The van der Waals surface area contributed by atoms with Gasteiger partial charge in [-0.2, -0.15) is 0 Å². The number of rotatable bonds is 8. The summed E-state index contributed by atoms with van der Waals surface area (Å²) in [6.45, 7) is 4.21. The standard InChI is InChI=1S/C21H21ClN4O4S/c1-2-29-17-10-18(31-20(17)21(27)28)15-9-19(26-11-25-15)24-4-3-12-7-16-14(8-13(12)22)23-5-6-30-16/h7-11,23H,2-6H2,1H3,(H,27,28)(H,24,25,26). The van der Waals surface area contributed by atoms with Crippen LogP contribution in [0.3, 0.4) is 0 Å². The smallest absolute Gasteiger partial charge is 0.349 e. The van der Waals surface area contributed by atoms with E-state index in [1.807, 2.05) is 19.1 Å². The number of ether oxygens (including phenoxy) is 2. The van der Waals surface area contributed by atoms with Gasteiger partial charge in [0.15, 0.2) is 4.88 Å². The molecular formula is C21H21ClN4O4S. The van der Waals surface area contributed by atoms with Crippen molar-refractivity contribution in [3.8, 4) is 22.1 Å². The normalized spacial score (nSPS) is 12.5. The van der Waals surface area contributed by atoms with Crippen LogP contribution in [-0.2, 0) is 6.42 Å². The maximum absolute atomic E-state index is 11.5. The van der Waals surface area contributed by atoms with Crippen LogP contribution in [-0.4, -0.2) is 47.3 Å². The lowest BCUT2D eigenvalue weighted by Gasteiger charge is -2.20. The molecule has 1 aliphatic rings. The van der Waals surface area contributed by atoms with Gasteiger partial charge in [-0.05, 0) is 31.0 Å². The van der Waals surface area contributed by atoms with Crippen molar-refractivity contribution in [1.82, 2.24) is 9.97 Å². The molecule has 0 unspecified atom stereocenters. The third-order valence-electron chi connectivity index (χ3n) is 4.64. The molecule has 162 valence electrons. The van der Waals surface area contributed by atoms with Crippen LogP contribution in [0, 0.1) is 0 Å². The molecule has 10 heteroatoms. The molecule has 0 aliphatic carbocycles. The largest absolute Gasteiger partial charge is 0.492 e. The van der Waals surface area contributed by atoms with Crippen LogP contribution in [0.25, 0.3) is 10.6 Å². The molecule has 0 spiro atoms. The number of nitrogens with one attached hydrogen (secondary N) is 2. The van der Waals surface area contributed by atoms with Crippen LogP contribution >= 0.6 is 22.9 Å². The van der Waals surface area contributed by atoms with Gasteiger partial charge in [-0.3, -0.25) is 0 Å². The quantitative estimate of drug-likeness (QED) is 0.453. The number of thiophene rings is 1. The Morgan fingerprint density at radius 2 is 2.23 bits per heavy atom. The minimum Gasteiger partial charge on any atom is -0.492 e. The van der Waals surface area contributed by atoms with E-state index in [4.69, 9.17) is 21.1 Å². The van der Waals surface area contributed by atoms with Crippen molar-refractivity contribution in [3.05, 3.63) is 46.1 Å². The van der Waals surface area contributed by atoms with Gasteiger partial charge in [-0.25, -0.2) is 14.8 Å². The van der Waals surface area contributed by atoms with E-state index in [2.05, 4.69) is 20.6 Å². The second-order valence-corrected chi connectivity index (χ2v) is 8.18. The van der Waals surface area contributed by atoms with Crippen LogP contribution in [0.1, 0.15) is 22.2 Å². The molecule has 2 aromatic heterocycles. The van der Waals surface area contributed by atoms with Crippen molar-refractivity contribution in [2.24, 2.45) is 0 Å². The lowest BCUT2D eigenvalue weighted by molar-refractivity contribution is 0.0698. The molecule has 0 amide bonds. The lowest BCUT2D eigenvalue weighted by atomic mass is 10.1. The van der Waals surface area contributed by atoms with Crippen molar-refractivity contribution in [2.45, 2.75) is 13.3 Å². The molecule has 3 aromatic rings. The Morgan fingerprint density at radius 3 is 3.03 bits per heavy atom. The molecule has 3 N–H and O–H groups in total. The number of fused-ring (bicyclic) bond motifs is 1. The Balaban J connectivity index is 1.45. The summed E-state index contributed by atoms with van der Waals surface area (Å²) in [5.41, 5.74) is 2.52. The molecule has 31 heavy (non-hydrogen) atoms. The van der Waals surface area contributed by atoms with Crippen molar-refractivity contribution < 1.29 is 19.4 Å². The third-order valence-corrected chi connectivity index (χ3v) is 6.11. The Labute approximate surface area is 188 Å². The van der Waals surface area contributed by atoms with Gasteiger partial charge in [0, 0.05) is 30.2 Å². The molecule has 0 fully saturated rings. The number of anilines is 2. The summed E-state index contributed by atoms with van der Waals surface area (Å²) in [5.74, 6) is 0.780. The number of carbonyl (C=O) groups is 1. The van der Waals surface area contributed by atoms with E-state index in [0.717, 1.165) is 34.9 Å². The minimum absolute atomic E-state index is 0.156. The summed E-state index contributed by atoms with van der Waals surface area (Å²) in [6, 6.07) is 7.34. The topological polar surface area (TPSA) is 106 Å². The van der Waals surface area contributed by atoms with E-state index in [1.54, 1.807) is 12.1 Å². The summed E-state index contributed by atoms with van der Waals surface area (Å²) in [4.78, 5) is 20.9. The maximum Gasteiger partial charge on any atom is 0.349 e. The predicted octanol–water partition coefficient (Wildman–Crippen LogP) is 4.41. The first kappa shape index (κ1) is 21.2. The third kappa shape index (κ3) is 4.83. The number of hydrogen-bond acceptors (Lipinski definition) is 8. The molecule has 3 heterocycles. The number of halogens is 1. The monoisotopic (exact) mass is 460 g/mol. The maximum atomic E-state index is 11.5. The van der Waals surface area contributed by atoms with E-state index in [9.17, 15) is 9.90 Å².